The molecule has 23 heavy (non-hydrogen) atoms. The summed E-state index contributed by atoms with van der Waals surface area (Å²) in [5, 5.41) is 0. The van der Waals surface area contributed by atoms with Crippen molar-refractivity contribution in [2.75, 3.05) is 24.6 Å². The van der Waals surface area contributed by atoms with E-state index in [4.69, 9.17) is 4.42 Å². The maximum absolute atomic E-state index is 12.2. The molecular weight excluding hydrogens is 308 g/mol. The maximum Gasteiger partial charge on any atom is 0.223 e. The quantitative estimate of drug-likeness (QED) is 0.861. The van der Waals surface area contributed by atoms with Gasteiger partial charge in [0.25, 0.3) is 0 Å². The second-order valence-corrected chi connectivity index (χ2v) is 7.14. The normalized spacial score (nSPS) is 15.0. The summed E-state index contributed by atoms with van der Waals surface area (Å²) in [5.74, 6) is 3.70. The van der Waals surface area contributed by atoms with Crippen molar-refractivity contribution in [3.05, 3.63) is 41.4 Å². The average Bonchev–Trinajstić information content (AvgIpc) is 3.05. The second-order valence-electron chi connectivity index (χ2n) is 5.91. The molecule has 2 aromatic rings. The van der Waals surface area contributed by atoms with Gasteiger partial charge in [0.05, 0.1) is 6.20 Å². The third-order valence-electron chi connectivity index (χ3n) is 4.26. The van der Waals surface area contributed by atoms with Gasteiger partial charge in [0.2, 0.25) is 5.91 Å². The minimum Gasteiger partial charge on any atom is -0.441 e. The number of carbonyl (C=O) groups is 1. The van der Waals surface area contributed by atoms with E-state index in [2.05, 4.69) is 31.0 Å². The molecule has 1 fully saturated rings. The molecule has 2 heterocycles. The molecule has 0 atom stereocenters. The van der Waals surface area contributed by atoms with E-state index < -0.39 is 0 Å². The molecule has 0 unspecified atom stereocenters. The molecule has 1 aromatic heterocycles. The molecule has 0 spiro atoms. The van der Waals surface area contributed by atoms with Crippen LogP contribution in [0, 0.1) is 13.8 Å². The van der Waals surface area contributed by atoms with Crippen LogP contribution >= 0.6 is 11.8 Å². The molecule has 3 rings (SSSR count). The maximum atomic E-state index is 12.2. The third-order valence-corrected chi connectivity index (χ3v) is 5.20. The van der Waals surface area contributed by atoms with Crippen LogP contribution in [0.25, 0.3) is 11.3 Å². The van der Waals surface area contributed by atoms with Crippen molar-refractivity contribution in [2.45, 2.75) is 26.7 Å². The largest absolute Gasteiger partial charge is 0.441 e. The molecule has 1 saturated heterocycles. The standard InChI is InChI=1S/C18H22N2O2S/c1-13-3-4-15(11-14(13)2)16-12-19-17(22-16)5-6-18(21)20-7-9-23-10-8-20/h3-4,11-12H,5-10H2,1-2H3. The summed E-state index contributed by atoms with van der Waals surface area (Å²) >= 11 is 1.91. The van der Waals surface area contributed by atoms with Gasteiger partial charge in [-0.15, -0.1) is 0 Å². The molecule has 0 bridgehead atoms. The molecule has 0 saturated carbocycles. The highest BCUT2D eigenvalue weighted by Crippen LogP contribution is 2.23. The van der Waals surface area contributed by atoms with Crippen molar-refractivity contribution < 1.29 is 9.21 Å². The zero-order valence-electron chi connectivity index (χ0n) is 13.7. The highest BCUT2D eigenvalue weighted by Gasteiger charge is 2.17. The number of hydrogen-bond donors (Lipinski definition) is 0. The summed E-state index contributed by atoms with van der Waals surface area (Å²) in [6.45, 7) is 5.91. The number of thioether (sulfide) groups is 1. The monoisotopic (exact) mass is 330 g/mol. The number of aryl methyl sites for hydroxylation is 3. The minimum atomic E-state index is 0.205. The van der Waals surface area contributed by atoms with E-state index in [9.17, 15) is 4.79 Å². The van der Waals surface area contributed by atoms with Gasteiger partial charge in [-0.25, -0.2) is 4.98 Å². The van der Waals surface area contributed by atoms with Gasteiger partial charge in [-0.05, 0) is 31.0 Å². The number of hydrogen-bond acceptors (Lipinski definition) is 4. The SMILES string of the molecule is Cc1ccc(-c2cnc(CCC(=O)N3CCSCC3)o2)cc1C. The molecule has 0 aliphatic carbocycles. The van der Waals surface area contributed by atoms with Crippen molar-refractivity contribution in [1.29, 1.82) is 0 Å². The fourth-order valence-electron chi connectivity index (χ4n) is 2.64. The first-order chi connectivity index (χ1) is 11.1. The smallest absolute Gasteiger partial charge is 0.223 e. The van der Waals surface area contributed by atoms with E-state index >= 15 is 0 Å². The van der Waals surface area contributed by atoms with E-state index in [1.54, 1.807) is 6.20 Å². The topological polar surface area (TPSA) is 46.3 Å². The zero-order valence-corrected chi connectivity index (χ0v) is 14.5. The summed E-state index contributed by atoms with van der Waals surface area (Å²) in [6, 6.07) is 6.24. The summed E-state index contributed by atoms with van der Waals surface area (Å²) in [7, 11) is 0. The molecule has 1 amide bonds. The number of oxazole rings is 1. The van der Waals surface area contributed by atoms with Crippen LogP contribution < -0.4 is 0 Å². The Morgan fingerprint density at radius 2 is 2.04 bits per heavy atom. The molecule has 1 aliphatic heterocycles. The van der Waals surface area contributed by atoms with Crippen LogP contribution in [0.3, 0.4) is 0 Å². The Balaban J connectivity index is 1.60. The fourth-order valence-corrected chi connectivity index (χ4v) is 3.54. The molecular formula is C18H22N2O2S. The van der Waals surface area contributed by atoms with Gasteiger partial charge < -0.3 is 9.32 Å². The molecule has 5 heteroatoms. The second kappa shape index (κ2) is 7.21. The van der Waals surface area contributed by atoms with Crippen LogP contribution in [0.15, 0.2) is 28.8 Å². The molecule has 122 valence electrons. The van der Waals surface area contributed by atoms with E-state index in [-0.39, 0.29) is 5.91 Å². The lowest BCUT2D eigenvalue weighted by atomic mass is 10.1. The molecule has 0 radical (unpaired) electrons. The molecule has 0 N–H and O–H groups in total. The van der Waals surface area contributed by atoms with Gasteiger partial charge in [-0.3, -0.25) is 4.79 Å². The van der Waals surface area contributed by atoms with Gasteiger partial charge in [0.15, 0.2) is 11.7 Å². The lowest BCUT2D eigenvalue weighted by Gasteiger charge is -2.26. The molecule has 1 aromatic carbocycles. The van der Waals surface area contributed by atoms with Crippen LogP contribution in [0.1, 0.15) is 23.4 Å². The third kappa shape index (κ3) is 3.96. The summed E-state index contributed by atoms with van der Waals surface area (Å²) in [6.07, 6.45) is 2.78. The lowest BCUT2D eigenvalue weighted by Crippen LogP contribution is -2.37. The predicted octanol–water partition coefficient (Wildman–Crippen LogP) is 3.47. The Morgan fingerprint density at radius 3 is 2.78 bits per heavy atom. The van der Waals surface area contributed by atoms with Crippen LogP contribution in [0.5, 0.6) is 0 Å². The number of carbonyl (C=O) groups excluding carboxylic acids is 1. The summed E-state index contributed by atoms with van der Waals surface area (Å²) in [5.41, 5.74) is 3.53. The number of aromatic nitrogens is 1. The minimum absolute atomic E-state index is 0.205. The Morgan fingerprint density at radius 1 is 1.26 bits per heavy atom. The first-order valence-electron chi connectivity index (χ1n) is 8.01. The fraction of sp³-hybridized carbons (Fsp3) is 0.444. The average molecular weight is 330 g/mol. The first kappa shape index (κ1) is 16.1. The Kier molecular flexibility index (Phi) is 5.06. The van der Waals surface area contributed by atoms with Crippen LogP contribution in [-0.4, -0.2) is 40.4 Å². The number of benzene rings is 1. The van der Waals surface area contributed by atoms with Crippen molar-refractivity contribution >= 4 is 17.7 Å². The van der Waals surface area contributed by atoms with Crippen molar-refractivity contribution in [2.24, 2.45) is 0 Å². The van der Waals surface area contributed by atoms with E-state index in [0.717, 1.165) is 35.9 Å². The van der Waals surface area contributed by atoms with Crippen molar-refractivity contribution in [3.8, 4) is 11.3 Å². The van der Waals surface area contributed by atoms with E-state index in [1.165, 1.54) is 11.1 Å². The van der Waals surface area contributed by atoms with E-state index in [0.29, 0.717) is 18.7 Å². The first-order valence-corrected chi connectivity index (χ1v) is 9.17. The number of nitrogens with zero attached hydrogens (tertiary/aromatic N) is 2. The molecule has 1 aliphatic rings. The number of rotatable bonds is 4. The van der Waals surface area contributed by atoms with Crippen molar-refractivity contribution in [3.63, 3.8) is 0 Å². The van der Waals surface area contributed by atoms with Gasteiger partial charge in [0, 0.05) is 43.0 Å². The van der Waals surface area contributed by atoms with Gasteiger partial charge >= 0.3 is 0 Å². The van der Waals surface area contributed by atoms with Gasteiger partial charge in [-0.2, -0.15) is 11.8 Å². The van der Waals surface area contributed by atoms with Crippen molar-refractivity contribution in [1.82, 2.24) is 9.88 Å². The van der Waals surface area contributed by atoms with Crippen LogP contribution in [-0.2, 0) is 11.2 Å². The highest BCUT2D eigenvalue weighted by molar-refractivity contribution is 7.99. The highest BCUT2D eigenvalue weighted by atomic mass is 32.2. The predicted molar refractivity (Wildman–Crippen MR) is 93.6 cm³/mol. The Labute approximate surface area is 141 Å². The summed E-state index contributed by atoms with van der Waals surface area (Å²) in [4.78, 5) is 18.4. The van der Waals surface area contributed by atoms with E-state index in [1.807, 2.05) is 22.7 Å². The van der Waals surface area contributed by atoms with Crippen LogP contribution in [0.2, 0.25) is 0 Å². The Bertz CT molecular complexity index is 690. The Hall–Kier alpha value is -1.75. The van der Waals surface area contributed by atoms with Gasteiger partial charge in [0.1, 0.15) is 0 Å². The number of amides is 1. The van der Waals surface area contributed by atoms with Crippen LogP contribution in [0.4, 0.5) is 0 Å². The summed E-state index contributed by atoms with van der Waals surface area (Å²) < 4.78 is 5.82. The lowest BCUT2D eigenvalue weighted by molar-refractivity contribution is -0.130. The van der Waals surface area contributed by atoms with Gasteiger partial charge in [-0.1, -0.05) is 12.1 Å². The zero-order chi connectivity index (χ0) is 16.2. The molecule has 4 nitrogen and oxygen atoms in total.